The molecule has 3 rings (SSSR count). The van der Waals surface area contributed by atoms with Gasteiger partial charge in [-0.1, -0.05) is 0 Å². The molecule has 0 amide bonds. The first kappa shape index (κ1) is 17.8. The van der Waals surface area contributed by atoms with E-state index in [4.69, 9.17) is 4.74 Å². The van der Waals surface area contributed by atoms with Gasteiger partial charge in [0.2, 0.25) is 11.7 Å². The van der Waals surface area contributed by atoms with E-state index in [0.29, 0.717) is 27.7 Å². The summed E-state index contributed by atoms with van der Waals surface area (Å²) in [6.45, 7) is 1.86. The molecular weight excluding hydrogens is 362 g/mol. The van der Waals surface area contributed by atoms with Crippen LogP contribution in [0.2, 0.25) is 0 Å². The van der Waals surface area contributed by atoms with E-state index < -0.39 is 10.2 Å². The van der Waals surface area contributed by atoms with E-state index in [1.165, 1.54) is 47.3 Å². The third-order valence-electron chi connectivity index (χ3n) is 4.04. The maximum Gasteiger partial charge on any atom is 0.304 e. The van der Waals surface area contributed by atoms with Crippen LogP contribution in [0.5, 0.6) is 5.88 Å². The topological polar surface area (TPSA) is 79.8 Å². The predicted molar refractivity (Wildman–Crippen MR) is 96.8 cm³/mol. The Morgan fingerprint density at radius 1 is 1.40 bits per heavy atom. The maximum atomic E-state index is 12.7. The number of rotatable bonds is 5. The van der Waals surface area contributed by atoms with E-state index >= 15 is 0 Å². The highest BCUT2D eigenvalue weighted by Gasteiger charge is 2.38. The van der Waals surface area contributed by atoms with Crippen molar-refractivity contribution in [3.05, 3.63) is 40.4 Å². The third-order valence-corrected chi connectivity index (χ3v) is 7.30. The molecule has 0 aliphatic carbocycles. The monoisotopic (exact) mass is 381 g/mol. The van der Waals surface area contributed by atoms with Crippen molar-refractivity contribution in [1.29, 1.82) is 0 Å². The number of aromatic nitrogens is 1. The number of pyridine rings is 1. The molecule has 1 unspecified atom stereocenters. The average molecular weight is 381 g/mol. The van der Waals surface area contributed by atoms with Gasteiger partial charge < -0.3 is 4.74 Å². The van der Waals surface area contributed by atoms with E-state index in [1.807, 2.05) is 6.92 Å². The molecule has 1 aliphatic heterocycles. The first-order chi connectivity index (χ1) is 11.8. The minimum atomic E-state index is -3.59. The molecular formula is C16H19N3O4S2. The molecule has 0 fully saturated rings. The average Bonchev–Trinajstić information content (AvgIpc) is 3.10. The summed E-state index contributed by atoms with van der Waals surface area (Å²) in [5.41, 5.74) is 1.32. The lowest BCUT2D eigenvalue weighted by molar-refractivity contribution is 0.104. The molecule has 2 aromatic rings. The van der Waals surface area contributed by atoms with Crippen molar-refractivity contribution in [3.8, 4) is 5.88 Å². The summed E-state index contributed by atoms with van der Waals surface area (Å²) in [6, 6.07) is 4.89. The van der Waals surface area contributed by atoms with Crippen LogP contribution in [0, 0.1) is 0 Å². The lowest BCUT2D eigenvalue weighted by Gasteiger charge is -2.26. The first-order valence-electron chi connectivity index (χ1n) is 7.65. The quantitative estimate of drug-likeness (QED) is 0.740. The standard InChI is InChI=1S/C16H19N3O4S2/c1-10-7-12-8-13(15(20)11-5-6-14(23-4)17-9-11)24-16(12)19(10)25(21,22)18(2)3/h5-6,8-10H,7H2,1-4H3. The second-order valence-electron chi connectivity index (χ2n) is 6.00. The summed E-state index contributed by atoms with van der Waals surface area (Å²) in [4.78, 5) is 17.2. The molecule has 7 nitrogen and oxygen atoms in total. The van der Waals surface area contributed by atoms with Crippen LogP contribution in [0.3, 0.4) is 0 Å². The van der Waals surface area contributed by atoms with Crippen molar-refractivity contribution in [3.63, 3.8) is 0 Å². The fraction of sp³-hybridized carbons (Fsp3) is 0.375. The summed E-state index contributed by atoms with van der Waals surface area (Å²) in [5.74, 6) is 0.256. The molecule has 134 valence electrons. The zero-order valence-corrected chi connectivity index (χ0v) is 16.0. The third kappa shape index (κ3) is 3.03. The highest BCUT2D eigenvalue weighted by atomic mass is 32.2. The van der Waals surface area contributed by atoms with E-state index in [1.54, 1.807) is 18.2 Å². The zero-order chi connectivity index (χ0) is 18.4. The molecule has 2 aromatic heterocycles. The van der Waals surface area contributed by atoms with Crippen LogP contribution in [0.4, 0.5) is 5.00 Å². The van der Waals surface area contributed by atoms with Crippen LogP contribution in [0.15, 0.2) is 24.4 Å². The van der Waals surface area contributed by atoms with Crippen molar-refractivity contribution in [1.82, 2.24) is 9.29 Å². The van der Waals surface area contributed by atoms with Gasteiger partial charge in [-0.3, -0.25) is 4.79 Å². The molecule has 0 bridgehead atoms. The molecule has 0 N–H and O–H groups in total. The normalized spacial score (nSPS) is 17.0. The Morgan fingerprint density at radius 2 is 2.12 bits per heavy atom. The predicted octanol–water partition coefficient (Wildman–Crippen LogP) is 1.94. The zero-order valence-electron chi connectivity index (χ0n) is 14.4. The summed E-state index contributed by atoms with van der Waals surface area (Å²) in [6.07, 6.45) is 2.05. The van der Waals surface area contributed by atoms with Crippen molar-refractivity contribution in [2.24, 2.45) is 0 Å². The van der Waals surface area contributed by atoms with Crippen LogP contribution in [0.1, 0.15) is 27.7 Å². The fourth-order valence-corrected chi connectivity index (χ4v) is 5.52. The van der Waals surface area contributed by atoms with Gasteiger partial charge in [-0.2, -0.15) is 12.7 Å². The number of ether oxygens (including phenoxy) is 1. The molecule has 1 aliphatic rings. The summed E-state index contributed by atoms with van der Waals surface area (Å²) in [5, 5.41) is 0.617. The van der Waals surface area contributed by atoms with Crippen LogP contribution in [0.25, 0.3) is 0 Å². The number of nitrogens with zero attached hydrogens (tertiary/aromatic N) is 3. The largest absolute Gasteiger partial charge is 0.481 e. The Balaban J connectivity index is 1.95. The summed E-state index contributed by atoms with van der Waals surface area (Å²) < 4.78 is 32.7. The Labute approximate surface area is 151 Å². The number of carbonyl (C=O) groups is 1. The van der Waals surface area contributed by atoms with E-state index in [-0.39, 0.29) is 11.8 Å². The van der Waals surface area contributed by atoms with Gasteiger partial charge in [0.05, 0.1) is 12.0 Å². The number of fused-ring (bicyclic) bond motifs is 1. The van der Waals surface area contributed by atoms with Gasteiger partial charge in [0.25, 0.3) is 0 Å². The van der Waals surface area contributed by atoms with Crippen LogP contribution < -0.4 is 9.04 Å². The molecule has 9 heteroatoms. The molecule has 25 heavy (non-hydrogen) atoms. The van der Waals surface area contributed by atoms with Crippen LogP contribution >= 0.6 is 11.3 Å². The van der Waals surface area contributed by atoms with E-state index in [0.717, 1.165) is 5.56 Å². The Hall–Kier alpha value is -1.97. The molecule has 0 spiro atoms. The number of methoxy groups -OCH3 is 1. The number of thiophene rings is 1. The van der Waals surface area contributed by atoms with Gasteiger partial charge in [0.15, 0.2) is 0 Å². The van der Waals surface area contributed by atoms with E-state index in [2.05, 4.69) is 4.98 Å². The van der Waals surface area contributed by atoms with Gasteiger partial charge in [0, 0.05) is 38.0 Å². The highest BCUT2D eigenvalue weighted by molar-refractivity contribution is 7.90. The number of hydrogen-bond acceptors (Lipinski definition) is 6. The van der Waals surface area contributed by atoms with Crippen LogP contribution in [-0.4, -0.2) is 50.7 Å². The van der Waals surface area contributed by atoms with Crippen molar-refractivity contribution < 1.29 is 17.9 Å². The SMILES string of the molecule is COc1ccc(C(=O)c2cc3c(s2)N(S(=O)(=O)N(C)C)C(C)C3)cn1. The smallest absolute Gasteiger partial charge is 0.304 e. The van der Waals surface area contributed by atoms with Crippen molar-refractivity contribution >= 4 is 32.3 Å². The maximum absolute atomic E-state index is 12.7. The van der Waals surface area contributed by atoms with Gasteiger partial charge in [-0.25, -0.2) is 9.29 Å². The second-order valence-corrected chi connectivity index (χ2v) is 9.05. The second kappa shape index (κ2) is 6.40. The molecule has 0 saturated heterocycles. The van der Waals surface area contributed by atoms with Crippen molar-refractivity contribution in [2.75, 3.05) is 25.5 Å². The molecule has 0 saturated carbocycles. The van der Waals surface area contributed by atoms with Gasteiger partial charge in [-0.05, 0) is 31.0 Å². The number of carbonyl (C=O) groups excluding carboxylic acids is 1. The van der Waals surface area contributed by atoms with Crippen molar-refractivity contribution in [2.45, 2.75) is 19.4 Å². The molecule has 0 radical (unpaired) electrons. The Kier molecular flexibility index (Phi) is 4.56. The minimum absolute atomic E-state index is 0.166. The number of ketones is 1. The lowest BCUT2D eigenvalue weighted by atomic mass is 10.1. The first-order valence-corrected chi connectivity index (χ1v) is 9.86. The van der Waals surface area contributed by atoms with Gasteiger partial charge in [0.1, 0.15) is 5.00 Å². The lowest BCUT2D eigenvalue weighted by Crippen LogP contribution is -2.43. The molecule has 0 aromatic carbocycles. The molecule has 3 heterocycles. The number of anilines is 1. The highest BCUT2D eigenvalue weighted by Crippen LogP contribution is 2.42. The summed E-state index contributed by atoms with van der Waals surface area (Å²) >= 11 is 1.20. The summed E-state index contributed by atoms with van der Waals surface area (Å²) in [7, 11) is 0.926. The Bertz CT molecular complexity index is 904. The fourth-order valence-electron chi connectivity index (χ4n) is 2.75. The number of hydrogen-bond donors (Lipinski definition) is 0. The minimum Gasteiger partial charge on any atom is -0.481 e. The van der Waals surface area contributed by atoms with Crippen LogP contribution in [-0.2, 0) is 16.6 Å². The molecule has 1 atom stereocenters. The van der Waals surface area contributed by atoms with E-state index in [9.17, 15) is 13.2 Å². The van der Waals surface area contributed by atoms with Gasteiger partial charge in [-0.15, -0.1) is 11.3 Å². The van der Waals surface area contributed by atoms with Gasteiger partial charge >= 0.3 is 10.2 Å². The Morgan fingerprint density at radius 3 is 2.68 bits per heavy atom.